The van der Waals surface area contributed by atoms with Crippen molar-refractivity contribution in [1.29, 1.82) is 0 Å². The van der Waals surface area contributed by atoms with Crippen LogP contribution in [0.2, 0.25) is 5.02 Å². The average Bonchev–Trinajstić information content (AvgIpc) is 3.01. The number of nitrogens with zero attached hydrogens (tertiary/aromatic N) is 2. The predicted molar refractivity (Wildman–Crippen MR) is 99.9 cm³/mol. The summed E-state index contributed by atoms with van der Waals surface area (Å²) in [4.78, 5) is 39.7. The third-order valence-electron chi connectivity index (χ3n) is 5.16. The van der Waals surface area contributed by atoms with E-state index in [1.54, 1.807) is 23.1 Å². The Morgan fingerprint density at radius 1 is 1.27 bits per heavy atom. The predicted octanol–water partition coefficient (Wildman–Crippen LogP) is 2.07. The number of hydrogen-bond acceptors (Lipinski definition) is 3. The number of amides is 3. The number of rotatable bonds is 4. The van der Waals surface area contributed by atoms with E-state index in [2.05, 4.69) is 5.32 Å². The standard InChI is InChI=1S/C19H24ClN3O3/c1-13(24)21-11-14-5-7-22(8-6-14)19(26)15-9-18(25)23(12-15)17-4-2-3-16(20)10-17/h2-4,10,14-15H,5-9,11-12H2,1H3,(H,21,24). The van der Waals surface area contributed by atoms with Crippen molar-refractivity contribution < 1.29 is 14.4 Å². The highest BCUT2D eigenvalue weighted by Gasteiger charge is 2.38. The molecule has 0 radical (unpaired) electrons. The Kier molecular flexibility index (Phi) is 5.81. The van der Waals surface area contributed by atoms with Crippen molar-refractivity contribution in [1.82, 2.24) is 10.2 Å². The van der Waals surface area contributed by atoms with Gasteiger partial charge < -0.3 is 15.1 Å². The first kappa shape index (κ1) is 18.7. The molecule has 3 rings (SSSR count). The van der Waals surface area contributed by atoms with E-state index in [-0.39, 0.29) is 30.1 Å². The lowest BCUT2D eigenvalue weighted by atomic mass is 9.95. The van der Waals surface area contributed by atoms with E-state index in [0.29, 0.717) is 37.1 Å². The fourth-order valence-corrected chi connectivity index (χ4v) is 3.85. The van der Waals surface area contributed by atoms with E-state index in [1.807, 2.05) is 11.0 Å². The molecule has 1 aromatic carbocycles. The maximum atomic E-state index is 12.8. The molecule has 3 amide bonds. The van der Waals surface area contributed by atoms with Gasteiger partial charge in [0.15, 0.2) is 0 Å². The van der Waals surface area contributed by atoms with Crippen molar-refractivity contribution in [2.75, 3.05) is 31.1 Å². The van der Waals surface area contributed by atoms with Gasteiger partial charge in [0, 0.05) is 50.2 Å². The fraction of sp³-hybridized carbons (Fsp3) is 0.526. The molecule has 1 aromatic rings. The third-order valence-corrected chi connectivity index (χ3v) is 5.40. The lowest BCUT2D eigenvalue weighted by Gasteiger charge is -2.33. The summed E-state index contributed by atoms with van der Waals surface area (Å²) in [5, 5.41) is 3.42. The van der Waals surface area contributed by atoms with Crippen LogP contribution in [0.25, 0.3) is 0 Å². The van der Waals surface area contributed by atoms with Crippen LogP contribution in [0.5, 0.6) is 0 Å². The molecule has 7 heteroatoms. The van der Waals surface area contributed by atoms with Crippen molar-refractivity contribution in [3.63, 3.8) is 0 Å². The van der Waals surface area contributed by atoms with Gasteiger partial charge in [-0.25, -0.2) is 0 Å². The lowest BCUT2D eigenvalue weighted by Crippen LogP contribution is -2.44. The summed E-state index contributed by atoms with van der Waals surface area (Å²) in [6, 6.07) is 7.16. The first-order valence-electron chi connectivity index (χ1n) is 9.03. The first-order valence-corrected chi connectivity index (χ1v) is 9.41. The second kappa shape index (κ2) is 8.08. The van der Waals surface area contributed by atoms with E-state index >= 15 is 0 Å². The molecule has 2 fully saturated rings. The molecule has 140 valence electrons. The van der Waals surface area contributed by atoms with E-state index in [1.165, 1.54) is 6.92 Å². The van der Waals surface area contributed by atoms with Gasteiger partial charge in [-0.1, -0.05) is 17.7 Å². The van der Waals surface area contributed by atoms with Gasteiger partial charge in [-0.05, 0) is 37.0 Å². The fourth-order valence-electron chi connectivity index (χ4n) is 3.67. The van der Waals surface area contributed by atoms with Crippen molar-refractivity contribution in [2.24, 2.45) is 11.8 Å². The van der Waals surface area contributed by atoms with Crippen molar-refractivity contribution >= 4 is 35.0 Å². The Morgan fingerprint density at radius 2 is 2.00 bits per heavy atom. The van der Waals surface area contributed by atoms with Crippen LogP contribution < -0.4 is 10.2 Å². The maximum absolute atomic E-state index is 12.8. The molecule has 0 bridgehead atoms. The number of piperidine rings is 1. The minimum Gasteiger partial charge on any atom is -0.356 e. The van der Waals surface area contributed by atoms with Crippen LogP contribution in [0.1, 0.15) is 26.2 Å². The summed E-state index contributed by atoms with van der Waals surface area (Å²) in [5.74, 6) is 0.116. The molecule has 2 aliphatic rings. The SMILES string of the molecule is CC(=O)NCC1CCN(C(=O)C2CC(=O)N(c3cccc(Cl)c3)C2)CC1. The number of carbonyl (C=O) groups is 3. The summed E-state index contributed by atoms with van der Waals surface area (Å²) < 4.78 is 0. The van der Waals surface area contributed by atoms with Crippen molar-refractivity contribution in [3.05, 3.63) is 29.3 Å². The molecule has 0 saturated carbocycles. The molecule has 1 unspecified atom stereocenters. The Bertz CT molecular complexity index is 701. The zero-order valence-electron chi connectivity index (χ0n) is 14.9. The highest BCUT2D eigenvalue weighted by atomic mass is 35.5. The Morgan fingerprint density at radius 3 is 2.65 bits per heavy atom. The largest absolute Gasteiger partial charge is 0.356 e. The zero-order chi connectivity index (χ0) is 18.7. The van der Waals surface area contributed by atoms with E-state index in [9.17, 15) is 14.4 Å². The highest BCUT2D eigenvalue weighted by Crippen LogP contribution is 2.29. The number of likely N-dealkylation sites (tertiary alicyclic amines) is 1. The number of halogens is 1. The monoisotopic (exact) mass is 377 g/mol. The van der Waals surface area contributed by atoms with E-state index in [4.69, 9.17) is 11.6 Å². The first-order chi connectivity index (χ1) is 12.4. The molecule has 1 atom stereocenters. The minimum atomic E-state index is -0.298. The number of benzene rings is 1. The molecular weight excluding hydrogens is 354 g/mol. The van der Waals surface area contributed by atoms with Crippen molar-refractivity contribution in [2.45, 2.75) is 26.2 Å². The van der Waals surface area contributed by atoms with Gasteiger partial charge >= 0.3 is 0 Å². The molecular formula is C19H24ClN3O3. The molecule has 2 saturated heterocycles. The number of nitrogens with one attached hydrogen (secondary N) is 1. The van der Waals surface area contributed by atoms with Crippen LogP contribution in [0.3, 0.4) is 0 Å². The van der Waals surface area contributed by atoms with Crippen LogP contribution in [-0.4, -0.2) is 48.8 Å². The number of hydrogen-bond donors (Lipinski definition) is 1. The molecule has 2 heterocycles. The van der Waals surface area contributed by atoms with Crippen LogP contribution in [0.15, 0.2) is 24.3 Å². The number of anilines is 1. The molecule has 2 aliphatic heterocycles. The van der Waals surface area contributed by atoms with Gasteiger partial charge in [-0.15, -0.1) is 0 Å². The molecule has 0 aliphatic carbocycles. The van der Waals surface area contributed by atoms with Crippen molar-refractivity contribution in [3.8, 4) is 0 Å². The minimum absolute atomic E-state index is 0.0194. The van der Waals surface area contributed by atoms with Gasteiger partial charge in [0.05, 0.1) is 5.92 Å². The van der Waals surface area contributed by atoms with Crippen LogP contribution in [-0.2, 0) is 14.4 Å². The van der Waals surface area contributed by atoms with Gasteiger partial charge in [-0.3, -0.25) is 14.4 Å². The zero-order valence-corrected chi connectivity index (χ0v) is 15.7. The summed E-state index contributed by atoms with van der Waals surface area (Å²) in [7, 11) is 0. The van der Waals surface area contributed by atoms with E-state index in [0.717, 1.165) is 18.5 Å². The Labute approximate surface area is 158 Å². The van der Waals surface area contributed by atoms with Gasteiger partial charge in [0.2, 0.25) is 17.7 Å². The molecule has 1 N–H and O–H groups in total. The summed E-state index contributed by atoms with van der Waals surface area (Å²) in [6.45, 7) is 3.96. The summed E-state index contributed by atoms with van der Waals surface area (Å²) in [5.41, 5.74) is 0.742. The smallest absolute Gasteiger partial charge is 0.228 e. The summed E-state index contributed by atoms with van der Waals surface area (Å²) in [6.07, 6.45) is 2.01. The van der Waals surface area contributed by atoms with Gasteiger partial charge in [0.1, 0.15) is 0 Å². The average molecular weight is 378 g/mol. The van der Waals surface area contributed by atoms with Crippen LogP contribution in [0.4, 0.5) is 5.69 Å². The summed E-state index contributed by atoms with van der Waals surface area (Å²) >= 11 is 6.01. The second-order valence-corrected chi connectivity index (χ2v) is 7.53. The molecule has 26 heavy (non-hydrogen) atoms. The lowest BCUT2D eigenvalue weighted by molar-refractivity contribution is -0.137. The van der Waals surface area contributed by atoms with E-state index < -0.39 is 0 Å². The molecule has 6 nitrogen and oxygen atoms in total. The normalized spacial score (nSPS) is 21.2. The second-order valence-electron chi connectivity index (χ2n) is 7.09. The van der Waals surface area contributed by atoms with Gasteiger partial charge in [-0.2, -0.15) is 0 Å². The Hall–Kier alpha value is -2.08. The number of carbonyl (C=O) groups excluding carboxylic acids is 3. The maximum Gasteiger partial charge on any atom is 0.228 e. The van der Waals surface area contributed by atoms with Gasteiger partial charge in [0.25, 0.3) is 0 Å². The van der Waals surface area contributed by atoms with Crippen LogP contribution >= 0.6 is 11.6 Å². The van der Waals surface area contributed by atoms with Crippen LogP contribution in [0, 0.1) is 11.8 Å². The topological polar surface area (TPSA) is 69.7 Å². The highest BCUT2D eigenvalue weighted by molar-refractivity contribution is 6.31. The Balaban J connectivity index is 1.55. The molecule has 0 aromatic heterocycles. The quantitative estimate of drug-likeness (QED) is 0.873. The third kappa shape index (κ3) is 4.36. The molecule has 0 spiro atoms.